The highest BCUT2D eigenvalue weighted by Gasteiger charge is 2.13. The van der Waals surface area contributed by atoms with Gasteiger partial charge in [-0.05, 0) is 107 Å². The van der Waals surface area contributed by atoms with Crippen LogP contribution in [0.3, 0.4) is 0 Å². The van der Waals surface area contributed by atoms with Crippen LogP contribution in [0.2, 0.25) is 0 Å². The maximum atomic E-state index is 12.6. The Bertz CT molecular complexity index is 1770. The first kappa shape index (κ1) is 30.0. The van der Waals surface area contributed by atoms with Gasteiger partial charge in [0.15, 0.2) is 12.4 Å². The quantitative estimate of drug-likeness (QED) is 0.114. The number of nitrogens with one attached hydrogen (secondary N) is 1. The van der Waals surface area contributed by atoms with E-state index in [1.54, 1.807) is 30.5 Å². The lowest BCUT2D eigenvalue weighted by Gasteiger charge is -2.11. The van der Waals surface area contributed by atoms with Crippen molar-refractivity contribution in [2.75, 3.05) is 13.7 Å². The number of furan rings is 1. The molecule has 0 aliphatic carbocycles. The molecule has 0 saturated carbocycles. The molecule has 0 saturated heterocycles. The van der Waals surface area contributed by atoms with E-state index in [1.807, 2.05) is 56.3 Å². The van der Waals surface area contributed by atoms with Gasteiger partial charge >= 0.3 is 11.9 Å². The van der Waals surface area contributed by atoms with E-state index in [9.17, 15) is 9.59 Å². The molecule has 0 fully saturated rings. The molecule has 226 valence electrons. The van der Waals surface area contributed by atoms with Crippen molar-refractivity contribution in [3.63, 3.8) is 0 Å². The topological polar surface area (TPSA) is 109 Å². The lowest BCUT2D eigenvalue weighted by Crippen LogP contribution is -2.16. The van der Waals surface area contributed by atoms with E-state index in [0.29, 0.717) is 17.3 Å². The van der Waals surface area contributed by atoms with Crippen molar-refractivity contribution < 1.29 is 28.2 Å². The standard InChI is InChI=1S/C34H34N4O6/c1-22-6-7-23(2)37(22)27-8-12-29(13-9-27)42-20-31-16-17-32(44-31)34(40)36-35-19-26-18-24(3)38(25(26)4)28-10-14-30(15-11-28)43-21-33(39)41-5/h6-19H,20-21H2,1-5H3,(H,36,40)/b35-19+. The van der Waals surface area contributed by atoms with E-state index in [1.165, 1.54) is 7.11 Å². The number of amides is 1. The molecule has 0 bridgehead atoms. The summed E-state index contributed by atoms with van der Waals surface area (Å²) in [7, 11) is 1.32. The Morgan fingerprint density at radius 2 is 1.41 bits per heavy atom. The summed E-state index contributed by atoms with van der Waals surface area (Å²) in [5.74, 6) is 1.00. The number of hydrogen-bond acceptors (Lipinski definition) is 7. The van der Waals surface area contributed by atoms with Crippen LogP contribution in [0, 0.1) is 27.7 Å². The van der Waals surface area contributed by atoms with Crippen LogP contribution in [0.4, 0.5) is 0 Å². The first-order valence-electron chi connectivity index (χ1n) is 14.0. The van der Waals surface area contributed by atoms with Crippen LogP contribution in [0.25, 0.3) is 11.4 Å². The number of aryl methyl sites for hydroxylation is 3. The molecule has 10 heteroatoms. The summed E-state index contributed by atoms with van der Waals surface area (Å²) in [6, 6.07) is 24.7. The van der Waals surface area contributed by atoms with Crippen LogP contribution < -0.4 is 14.9 Å². The largest absolute Gasteiger partial charge is 0.486 e. The van der Waals surface area contributed by atoms with Gasteiger partial charge in [0.05, 0.1) is 13.3 Å². The van der Waals surface area contributed by atoms with E-state index in [0.717, 1.165) is 39.7 Å². The average Bonchev–Trinajstić information content (AvgIpc) is 3.72. The molecule has 0 atom stereocenters. The SMILES string of the molecule is COC(=O)COc1ccc(-n2c(C)cc(/C=N/NC(=O)c3ccc(COc4ccc(-n5c(C)ccc5C)cc4)o3)c2C)cc1. The van der Waals surface area contributed by atoms with E-state index in [4.69, 9.17) is 13.9 Å². The molecule has 1 amide bonds. The molecule has 0 unspecified atom stereocenters. The predicted molar refractivity (Wildman–Crippen MR) is 166 cm³/mol. The first-order chi connectivity index (χ1) is 21.2. The van der Waals surface area contributed by atoms with Gasteiger partial charge in [0, 0.05) is 39.7 Å². The molecule has 44 heavy (non-hydrogen) atoms. The van der Waals surface area contributed by atoms with Crippen LogP contribution >= 0.6 is 0 Å². The number of esters is 1. The van der Waals surface area contributed by atoms with E-state index < -0.39 is 11.9 Å². The Kier molecular flexibility index (Phi) is 8.99. The van der Waals surface area contributed by atoms with Gasteiger partial charge in [-0.15, -0.1) is 0 Å². The fourth-order valence-electron chi connectivity index (χ4n) is 4.92. The summed E-state index contributed by atoms with van der Waals surface area (Å²) in [5, 5.41) is 4.14. The molecule has 0 radical (unpaired) electrons. The molecule has 0 spiro atoms. The lowest BCUT2D eigenvalue weighted by molar-refractivity contribution is -0.142. The van der Waals surface area contributed by atoms with Gasteiger partial charge in [-0.3, -0.25) is 4.79 Å². The number of nitrogens with zero attached hydrogens (tertiary/aromatic N) is 3. The van der Waals surface area contributed by atoms with Gasteiger partial charge in [0.2, 0.25) is 0 Å². The van der Waals surface area contributed by atoms with Crippen LogP contribution in [0.15, 0.2) is 88.4 Å². The van der Waals surface area contributed by atoms with Crippen LogP contribution in [-0.2, 0) is 16.1 Å². The molecular formula is C34H34N4O6. The van der Waals surface area contributed by atoms with E-state index >= 15 is 0 Å². The number of hydrogen-bond donors (Lipinski definition) is 1. The second kappa shape index (κ2) is 13.2. The normalized spacial score (nSPS) is 11.1. The van der Waals surface area contributed by atoms with Crippen molar-refractivity contribution >= 4 is 18.1 Å². The Labute approximate surface area is 255 Å². The Morgan fingerprint density at radius 3 is 2.05 bits per heavy atom. The number of ether oxygens (including phenoxy) is 3. The third kappa shape index (κ3) is 6.75. The highest BCUT2D eigenvalue weighted by Crippen LogP contribution is 2.23. The van der Waals surface area contributed by atoms with Crippen molar-refractivity contribution in [2.45, 2.75) is 34.3 Å². The van der Waals surface area contributed by atoms with Crippen molar-refractivity contribution in [2.24, 2.45) is 5.10 Å². The Hall–Kier alpha value is -5.51. The third-order valence-electron chi connectivity index (χ3n) is 7.15. The number of carbonyl (C=O) groups excluding carboxylic acids is 2. The molecule has 2 aromatic carbocycles. The minimum atomic E-state index is -0.467. The molecule has 0 aliphatic heterocycles. The number of benzene rings is 2. The molecule has 3 heterocycles. The van der Waals surface area contributed by atoms with E-state index in [2.05, 4.69) is 50.4 Å². The molecule has 3 aromatic heterocycles. The summed E-state index contributed by atoms with van der Waals surface area (Å²) in [5.41, 5.74) is 9.60. The predicted octanol–water partition coefficient (Wildman–Crippen LogP) is 5.99. The maximum absolute atomic E-state index is 12.6. The number of aromatic nitrogens is 2. The zero-order valence-corrected chi connectivity index (χ0v) is 25.3. The zero-order chi connectivity index (χ0) is 31.2. The second-order valence-electron chi connectivity index (χ2n) is 10.2. The van der Waals surface area contributed by atoms with Crippen molar-refractivity contribution in [3.05, 3.63) is 119 Å². The van der Waals surface area contributed by atoms with Gasteiger partial charge < -0.3 is 27.8 Å². The van der Waals surface area contributed by atoms with E-state index in [-0.39, 0.29) is 19.0 Å². The molecule has 5 rings (SSSR count). The summed E-state index contributed by atoms with van der Waals surface area (Å²) in [6.07, 6.45) is 1.60. The number of carbonyl (C=O) groups is 2. The van der Waals surface area contributed by atoms with Gasteiger partial charge in [0.1, 0.15) is 23.9 Å². The minimum Gasteiger partial charge on any atom is -0.486 e. The fourth-order valence-corrected chi connectivity index (χ4v) is 4.92. The number of hydrazone groups is 1. The number of rotatable bonds is 11. The Balaban J connectivity index is 1.15. The highest BCUT2D eigenvalue weighted by atomic mass is 16.6. The monoisotopic (exact) mass is 594 g/mol. The van der Waals surface area contributed by atoms with Gasteiger partial charge in [-0.2, -0.15) is 5.10 Å². The van der Waals surface area contributed by atoms with Crippen molar-refractivity contribution in [1.82, 2.24) is 14.6 Å². The first-order valence-corrected chi connectivity index (χ1v) is 14.0. The van der Waals surface area contributed by atoms with Crippen molar-refractivity contribution in [3.8, 4) is 22.9 Å². The lowest BCUT2D eigenvalue weighted by atomic mass is 10.2. The van der Waals surface area contributed by atoms with Gasteiger partial charge in [0.25, 0.3) is 0 Å². The average molecular weight is 595 g/mol. The summed E-state index contributed by atoms with van der Waals surface area (Å²) < 4.78 is 25.8. The fraction of sp³-hybridized carbons (Fsp3) is 0.206. The zero-order valence-electron chi connectivity index (χ0n) is 25.3. The van der Waals surface area contributed by atoms with Gasteiger partial charge in [-0.25, -0.2) is 10.2 Å². The smallest absolute Gasteiger partial charge is 0.343 e. The maximum Gasteiger partial charge on any atom is 0.343 e. The summed E-state index contributed by atoms with van der Waals surface area (Å²) in [6.45, 7) is 8.12. The molecule has 1 N–H and O–H groups in total. The summed E-state index contributed by atoms with van der Waals surface area (Å²) in [4.78, 5) is 23.9. The van der Waals surface area contributed by atoms with Gasteiger partial charge in [-0.1, -0.05) is 0 Å². The van der Waals surface area contributed by atoms with Crippen LogP contribution in [-0.4, -0.2) is 40.9 Å². The molecule has 5 aromatic rings. The van der Waals surface area contributed by atoms with Crippen LogP contribution in [0.1, 0.15) is 44.7 Å². The summed E-state index contributed by atoms with van der Waals surface area (Å²) >= 11 is 0. The molecular weight excluding hydrogens is 560 g/mol. The Morgan fingerprint density at radius 1 is 0.795 bits per heavy atom. The van der Waals surface area contributed by atoms with Crippen molar-refractivity contribution in [1.29, 1.82) is 0 Å². The number of methoxy groups -OCH3 is 1. The highest BCUT2D eigenvalue weighted by molar-refractivity contribution is 5.92. The van der Waals surface area contributed by atoms with Crippen LogP contribution in [0.5, 0.6) is 11.5 Å². The third-order valence-corrected chi connectivity index (χ3v) is 7.15. The second-order valence-corrected chi connectivity index (χ2v) is 10.2. The minimum absolute atomic E-state index is 0.134. The molecule has 0 aliphatic rings. The molecule has 10 nitrogen and oxygen atoms in total.